The van der Waals surface area contributed by atoms with Crippen molar-refractivity contribution in [2.24, 2.45) is 0 Å². The first-order chi connectivity index (χ1) is 13.1. The molecular formula is C21H25N3O3. The molecule has 2 aliphatic heterocycles. The summed E-state index contributed by atoms with van der Waals surface area (Å²) in [5.74, 6) is 0.918. The molecule has 0 bridgehead atoms. The van der Waals surface area contributed by atoms with Gasteiger partial charge >= 0.3 is 0 Å². The van der Waals surface area contributed by atoms with E-state index in [0.717, 1.165) is 6.42 Å². The number of carbonyl (C=O) groups excluding carboxylic acids is 1. The van der Waals surface area contributed by atoms with Crippen LogP contribution < -0.4 is 5.32 Å². The largest absolute Gasteiger partial charge is 0.377 e. The molecule has 4 rings (SSSR count). The highest BCUT2D eigenvalue weighted by atomic mass is 16.6. The lowest BCUT2D eigenvalue weighted by Gasteiger charge is -2.28. The fourth-order valence-electron chi connectivity index (χ4n) is 4.23. The van der Waals surface area contributed by atoms with Crippen LogP contribution in [0.25, 0.3) is 0 Å². The number of anilines is 1. The standard InChI is InChI=1S/C21H25N3O3/c1-22-19-10-6-9-17(23-19)20(25)24-12-18(26-2)21(14-24)11-16(13-27-21)15-7-4-3-5-8-15/h3-10,16,18H,11-14H2,1-2H3,(H,22,23)/t16-,18-,21-/m1/s1. The second-order valence-corrected chi connectivity index (χ2v) is 7.26. The number of nitrogens with zero attached hydrogens (tertiary/aromatic N) is 2. The topological polar surface area (TPSA) is 63.7 Å². The smallest absolute Gasteiger partial charge is 0.272 e. The molecule has 0 aliphatic carbocycles. The zero-order chi connectivity index (χ0) is 18.9. The molecule has 1 N–H and O–H groups in total. The Bertz CT molecular complexity index is 813. The fourth-order valence-corrected chi connectivity index (χ4v) is 4.23. The van der Waals surface area contributed by atoms with Crippen LogP contribution in [0.1, 0.15) is 28.4 Å². The van der Waals surface area contributed by atoms with Crippen LogP contribution in [0.15, 0.2) is 48.5 Å². The van der Waals surface area contributed by atoms with Crippen molar-refractivity contribution in [3.8, 4) is 0 Å². The Morgan fingerprint density at radius 1 is 1.26 bits per heavy atom. The number of hydrogen-bond donors (Lipinski definition) is 1. The normalized spacial score (nSPS) is 27.3. The third-order valence-electron chi connectivity index (χ3n) is 5.66. The highest BCUT2D eigenvalue weighted by Crippen LogP contribution is 2.43. The maximum absolute atomic E-state index is 13.0. The van der Waals surface area contributed by atoms with E-state index >= 15 is 0 Å². The van der Waals surface area contributed by atoms with Crippen molar-refractivity contribution in [1.82, 2.24) is 9.88 Å². The summed E-state index contributed by atoms with van der Waals surface area (Å²) in [5, 5.41) is 2.97. The molecule has 2 saturated heterocycles. The number of hydrogen-bond acceptors (Lipinski definition) is 5. The Labute approximate surface area is 159 Å². The first kappa shape index (κ1) is 17.9. The number of methoxy groups -OCH3 is 1. The summed E-state index contributed by atoms with van der Waals surface area (Å²) in [6.45, 7) is 1.70. The number of likely N-dealkylation sites (tertiary alicyclic amines) is 1. The van der Waals surface area contributed by atoms with Crippen molar-refractivity contribution in [2.75, 3.05) is 39.2 Å². The zero-order valence-corrected chi connectivity index (χ0v) is 15.7. The Kier molecular flexibility index (Phi) is 4.85. The van der Waals surface area contributed by atoms with E-state index in [1.807, 2.05) is 23.1 Å². The van der Waals surface area contributed by atoms with E-state index < -0.39 is 5.60 Å². The molecule has 2 aliphatic rings. The molecule has 0 unspecified atom stereocenters. The van der Waals surface area contributed by atoms with Gasteiger partial charge in [0, 0.05) is 20.1 Å². The zero-order valence-electron chi connectivity index (χ0n) is 15.7. The van der Waals surface area contributed by atoms with Gasteiger partial charge in [0.2, 0.25) is 0 Å². The van der Waals surface area contributed by atoms with Gasteiger partial charge in [0.05, 0.1) is 19.7 Å². The molecule has 2 aromatic rings. The quantitative estimate of drug-likeness (QED) is 0.900. The number of carbonyl (C=O) groups is 1. The van der Waals surface area contributed by atoms with Crippen LogP contribution in [0, 0.1) is 0 Å². The minimum absolute atomic E-state index is 0.0854. The average Bonchev–Trinajstić information content (AvgIpc) is 3.32. The second-order valence-electron chi connectivity index (χ2n) is 7.26. The van der Waals surface area contributed by atoms with Crippen molar-refractivity contribution in [3.63, 3.8) is 0 Å². The number of pyridine rings is 1. The summed E-state index contributed by atoms with van der Waals surface area (Å²) in [6.07, 6.45) is 0.714. The first-order valence-corrected chi connectivity index (χ1v) is 9.31. The van der Waals surface area contributed by atoms with Gasteiger partial charge in [-0.3, -0.25) is 4.79 Å². The maximum atomic E-state index is 13.0. The molecule has 1 amide bonds. The maximum Gasteiger partial charge on any atom is 0.272 e. The lowest BCUT2D eigenvalue weighted by molar-refractivity contribution is -0.0755. The molecule has 1 spiro atoms. The molecule has 1 aromatic carbocycles. The van der Waals surface area contributed by atoms with Gasteiger partial charge in [-0.1, -0.05) is 36.4 Å². The van der Waals surface area contributed by atoms with Crippen molar-refractivity contribution in [2.45, 2.75) is 24.0 Å². The summed E-state index contributed by atoms with van der Waals surface area (Å²) in [6, 6.07) is 15.8. The van der Waals surface area contributed by atoms with Crippen LogP contribution in [0.5, 0.6) is 0 Å². The summed E-state index contributed by atoms with van der Waals surface area (Å²) >= 11 is 0. The Balaban J connectivity index is 1.53. The van der Waals surface area contributed by atoms with E-state index in [1.54, 1.807) is 20.2 Å². The molecule has 0 saturated carbocycles. The van der Waals surface area contributed by atoms with Gasteiger partial charge in [-0.05, 0) is 24.1 Å². The Morgan fingerprint density at radius 3 is 2.81 bits per heavy atom. The predicted octanol–water partition coefficient (Wildman–Crippen LogP) is 2.54. The highest BCUT2D eigenvalue weighted by Gasteiger charge is 2.54. The van der Waals surface area contributed by atoms with E-state index in [4.69, 9.17) is 9.47 Å². The lowest BCUT2D eigenvalue weighted by Crippen LogP contribution is -2.42. The molecule has 6 heteroatoms. The second kappa shape index (κ2) is 7.29. The first-order valence-electron chi connectivity index (χ1n) is 9.31. The van der Waals surface area contributed by atoms with Crippen LogP contribution in [0.4, 0.5) is 5.82 Å². The molecule has 0 radical (unpaired) electrons. The van der Waals surface area contributed by atoms with Gasteiger partial charge in [-0.2, -0.15) is 0 Å². The summed E-state index contributed by atoms with van der Waals surface area (Å²) in [5.41, 5.74) is 1.26. The molecule has 27 heavy (non-hydrogen) atoms. The number of aromatic nitrogens is 1. The van der Waals surface area contributed by atoms with E-state index in [0.29, 0.717) is 37.1 Å². The summed E-state index contributed by atoms with van der Waals surface area (Å²) < 4.78 is 12.0. The molecule has 3 heterocycles. The van der Waals surface area contributed by atoms with Crippen LogP contribution in [-0.4, -0.2) is 61.3 Å². The Hall–Kier alpha value is -2.44. The van der Waals surface area contributed by atoms with Crippen molar-refractivity contribution >= 4 is 11.7 Å². The lowest BCUT2D eigenvalue weighted by atomic mass is 9.87. The molecular weight excluding hydrogens is 342 g/mol. The number of nitrogens with one attached hydrogen (secondary N) is 1. The van der Waals surface area contributed by atoms with E-state index in [9.17, 15) is 4.79 Å². The van der Waals surface area contributed by atoms with E-state index in [2.05, 4.69) is 34.6 Å². The van der Waals surface area contributed by atoms with Crippen LogP contribution in [-0.2, 0) is 9.47 Å². The van der Waals surface area contributed by atoms with Gasteiger partial charge in [0.1, 0.15) is 23.2 Å². The van der Waals surface area contributed by atoms with Gasteiger partial charge in [0.15, 0.2) is 0 Å². The van der Waals surface area contributed by atoms with Crippen molar-refractivity contribution in [1.29, 1.82) is 0 Å². The van der Waals surface area contributed by atoms with Crippen LogP contribution in [0.3, 0.4) is 0 Å². The average molecular weight is 367 g/mol. The van der Waals surface area contributed by atoms with Crippen LogP contribution in [0.2, 0.25) is 0 Å². The third kappa shape index (κ3) is 3.31. The van der Waals surface area contributed by atoms with Gasteiger partial charge in [-0.25, -0.2) is 4.98 Å². The van der Waals surface area contributed by atoms with Crippen molar-refractivity contribution in [3.05, 3.63) is 59.8 Å². The number of ether oxygens (including phenoxy) is 2. The van der Waals surface area contributed by atoms with Gasteiger partial charge in [0.25, 0.3) is 5.91 Å². The predicted molar refractivity (Wildman–Crippen MR) is 103 cm³/mol. The summed E-state index contributed by atoms with van der Waals surface area (Å²) in [7, 11) is 3.48. The molecule has 1 aromatic heterocycles. The number of amides is 1. The highest BCUT2D eigenvalue weighted by molar-refractivity contribution is 5.93. The number of benzene rings is 1. The number of rotatable bonds is 4. The minimum Gasteiger partial charge on any atom is -0.377 e. The van der Waals surface area contributed by atoms with Gasteiger partial charge in [-0.15, -0.1) is 0 Å². The van der Waals surface area contributed by atoms with Gasteiger partial charge < -0.3 is 19.7 Å². The molecule has 3 atom stereocenters. The summed E-state index contributed by atoms with van der Waals surface area (Å²) in [4.78, 5) is 19.2. The molecule has 142 valence electrons. The van der Waals surface area contributed by atoms with Crippen LogP contribution >= 0.6 is 0 Å². The fraction of sp³-hybridized carbons (Fsp3) is 0.429. The molecule has 2 fully saturated rings. The molecule has 6 nitrogen and oxygen atoms in total. The van der Waals surface area contributed by atoms with E-state index in [1.165, 1.54) is 5.56 Å². The monoisotopic (exact) mass is 367 g/mol. The SMILES string of the molecule is CNc1cccc(C(=O)N2C[C@@H](OC)[C@@]3(C[C@@H](c4ccccc4)CO3)C2)n1. The van der Waals surface area contributed by atoms with E-state index in [-0.39, 0.29) is 12.0 Å². The van der Waals surface area contributed by atoms with Crippen molar-refractivity contribution < 1.29 is 14.3 Å². The Morgan fingerprint density at radius 2 is 2.07 bits per heavy atom. The third-order valence-corrected chi connectivity index (χ3v) is 5.66. The minimum atomic E-state index is -0.453.